The number of halogens is 4. The van der Waals surface area contributed by atoms with Crippen LogP contribution in [0.15, 0.2) is 48.2 Å². The predicted octanol–water partition coefficient (Wildman–Crippen LogP) is 5.61. The molecule has 7 heteroatoms. The highest BCUT2D eigenvalue weighted by atomic mass is 19.4. The lowest BCUT2D eigenvalue weighted by Crippen LogP contribution is -2.15. The Bertz CT molecular complexity index is 934. The predicted molar refractivity (Wildman–Crippen MR) is 97.0 cm³/mol. The standard InChI is InChI=1S/C21H18F4N2O/c22-17-7-2-1-5-15(17)20(28)27-18-9-8-13(11-26-18)19-14-6-3-4-12(14)10-16(19)21(23,24)25/h1-2,5,7-9,11-12,14H,3-4,6,10H2,(H,26,27,28). The molecule has 1 N–H and O–H groups in total. The highest BCUT2D eigenvalue weighted by Crippen LogP contribution is 2.55. The zero-order valence-corrected chi connectivity index (χ0v) is 14.9. The lowest BCUT2D eigenvalue weighted by Gasteiger charge is -2.16. The average Bonchev–Trinajstić information content (AvgIpc) is 3.23. The molecule has 28 heavy (non-hydrogen) atoms. The van der Waals surface area contributed by atoms with Crippen molar-refractivity contribution in [2.24, 2.45) is 11.8 Å². The molecule has 1 aromatic carbocycles. The zero-order chi connectivity index (χ0) is 19.9. The van der Waals surface area contributed by atoms with Crippen molar-refractivity contribution in [1.29, 1.82) is 0 Å². The maximum absolute atomic E-state index is 13.7. The van der Waals surface area contributed by atoms with Crippen LogP contribution in [-0.4, -0.2) is 17.1 Å². The molecular weight excluding hydrogens is 372 g/mol. The number of amides is 1. The van der Waals surface area contributed by atoms with E-state index in [1.165, 1.54) is 36.5 Å². The smallest absolute Gasteiger partial charge is 0.306 e. The molecule has 0 spiro atoms. The molecule has 4 rings (SSSR count). The number of pyridine rings is 1. The summed E-state index contributed by atoms with van der Waals surface area (Å²) in [5.41, 5.74) is 0.201. The van der Waals surface area contributed by atoms with Crippen LogP contribution in [0.3, 0.4) is 0 Å². The summed E-state index contributed by atoms with van der Waals surface area (Å²) >= 11 is 0. The molecule has 1 aromatic heterocycles. The van der Waals surface area contributed by atoms with Gasteiger partial charge in [-0.25, -0.2) is 9.37 Å². The van der Waals surface area contributed by atoms with Gasteiger partial charge in [-0.15, -0.1) is 0 Å². The van der Waals surface area contributed by atoms with Crippen molar-refractivity contribution in [2.45, 2.75) is 31.9 Å². The van der Waals surface area contributed by atoms with Gasteiger partial charge in [0.2, 0.25) is 0 Å². The Morgan fingerprint density at radius 2 is 1.89 bits per heavy atom. The van der Waals surface area contributed by atoms with Gasteiger partial charge in [-0.1, -0.05) is 18.6 Å². The highest BCUT2D eigenvalue weighted by Gasteiger charge is 2.47. The molecule has 2 aromatic rings. The number of rotatable bonds is 3. The number of aromatic nitrogens is 1. The summed E-state index contributed by atoms with van der Waals surface area (Å²) in [5, 5.41) is 2.48. The van der Waals surface area contributed by atoms with E-state index < -0.39 is 23.5 Å². The van der Waals surface area contributed by atoms with Crippen LogP contribution in [0, 0.1) is 17.7 Å². The molecule has 0 bridgehead atoms. The number of carbonyl (C=O) groups is 1. The van der Waals surface area contributed by atoms with Crippen LogP contribution in [0.4, 0.5) is 23.4 Å². The largest absolute Gasteiger partial charge is 0.412 e. The van der Waals surface area contributed by atoms with E-state index in [0.717, 1.165) is 19.3 Å². The molecule has 1 fully saturated rings. The number of nitrogens with zero attached hydrogens (tertiary/aromatic N) is 1. The summed E-state index contributed by atoms with van der Waals surface area (Å²) in [7, 11) is 0. The third-order valence-electron chi connectivity index (χ3n) is 5.60. The van der Waals surface area contributed by atoms with E-state index >= 15 is 0 Å². The molecule has 3 nitrogen and oxygen atoms in total. The Hall–Kier alpha value is -2.70. The van der Waals surface area contributed by atoms with Gasteiger partial charge in [0.05, 0.1) is 5.56 Å². The minimum atomic E-state index is -4.35. The fraction of sp³-hybridized carbons (Fsp3) is 0.333. The van der Waals surface area contributed by atoms with Crippen LogP contribution >= 0.6 is 0 Å². The van der Waals surface area contributed by atoms with Gasteiger partial charge < -0.3 is 5.32 Å². The molecular formula is C21H18F4N2O. The number of anilines is 1. The molecule has 2 atom stereocenters. The van der Waals surface area contributed by atoms with Crippen molar-refractivity contribution in [1.82, 2.24) is 4.98 Å². The fourth-order valence-corrected chi connectivity index (χ4v) is 4.37. The molecule has 1 saturated carbocycles. The van der Waals surface area contributed by atoms with Crippen molar-refractivity contribution in [2.75, 3.05) is 5.32 Å². The van der Waals surface area contributed by atoms with E-state index in [0.29, 0.717) is 11.1 Å². The first-order valence-electron chi connectivity index (χ1n) is 9.17. The Labute approximate surface area is 159 Å². The van der Waals surface area contributed by atoms with Gasteiger partial charge in [0.15, 0.2) is 0 Å². The number of alkyl halides is 3. The topological polar surface area (TPSA) is 42.0 Å². The molecule has 1 amide bonds. The molecule has 0 saturated heterocycles. The van der Waals surface area contributed by atoms with Crippen LogP contribution in [-0.2, 0) is 0 Å². The first kappa shape index (κ1) is 18.7. The number of allylic oxidation sites excluding steroid dienone is 2. The van der Waals surface area contributed by atoms with Crippen molar-refractivity contribution in [3.05, 3.63) is 65.1 Å². The normalized spacial score (nSPS) is 21.7. The maximum Gasteiger partial charge on any atom is 0.412 e. The minimum absolute atomic E-state index is 0.0482. The minimum Gasteiger partial charge on any atom is -0.306 e. The van der Waals surface area contributed by atoms with Crippen LogP contribution in [0.1, 0.15) is 41.6 Å². The van der Waals surface area contributed by atoms with Crippen LogP contribution in [0.5, 0.6) is 0 Å². The Balaban J connectivity index is 1.59. The van der Waals surface area contributed by atoms with Gasteiger partial charge in [0, 0.05) is 11.8 Å². The van der Waals surface area contributed by atoms with Gasteiger partial charge in [0.1, 0.15) is 11.6 Å². The fourth-order valence-electron chi connectivity index (χ4n) is 4.37. The van der Waals surface area contributed by atoms with E-state index in [4.69, 9.17) is 0 Å². The van der Waals surface area contributed by atoms with E-state index in [1.54, 1.807) is 6.07 Å². The second-order valence-electron chi connectivity index (χ2n) is 7.26. The number of hydrogen-bond donors (Lipinski definition) is 1. The van der Waals surface area contributed by atoms with E-state index in [1.807, 2.05) is 0 Å². The van der Waals surface area contributed by atoms with Gasteiger partial charge in [-0.3, -0.25) is 4.79 Å². The Morgan fingerprint density at radius 3 is 2.57 bits per heavy atom. The van der Waals surface area contributed by atoms with Crippen LogP contribution in [0.25, 0.3) is 5.57 Å². The monoisotopic (exact) mass is 390 g/mol. The van der Waals surface area contributed by atoms with Gasteiger partial charge in [-0.2, -0.15) is 13.2 Å². The maximum atomic E-state index is 13.7. The molecule has 0 aliphatic heterocycles. The third kappa shape index (κ3) is 3.41. The number of carbonyl (C=O) groups excluding carboxylic acids is 1. The second-order valence-corrected chi connectivity index (χ2v) is 7.26. The number of fused-ring (bicyclic) bond motifs is 1. The van der Waals surface area contributed by atoms with Gasteiger partial charge in [-0.05, 0) is 66.5 Å². The van der Waals surface area contributed by atoms with E-state index in [9.17, 15) is 22.4 Å². The summed E-state index contributed by atoms with van der Waals surface area (Å²) < 4.78 is 54.2. The second kappa shape index (κ2) is 7.04. The van der Waals surface area contributed by atoms with Crippen LogP contribution < -0.4 is 5.32 Å². The third-order valence-corrected chi connectivity index (χ3v) is 5.60. The summed E-state index contributed by atoms with van der Waals surface area (Å²) in [6.07, 6.45) is -0.414. The van der Waals surface area contributed by atoms with E-state index in [-0.39, 0.29) is 29.6 Å². The quantitative estimate of drug-likeness (QED) is 0.693. The summed E-state index contributed by atoms with van der Waals surface area (Å²) in [4.78, 5) is 16.3. The van der Waals surface area contributed by atoms with Crippen molar-refractivity contribution < 1.29 is 22.4 Å². The SMILES string of the molecule is O=C(Nc1ccc(C2=C(C(F)(F)F)CC3CCCC23)cn1)c1ccccc1F. The summed E-state index contributed by atoms with van der Waals surface area (Å²) in [5.74, 6) is -1.20. The van der Waals surface area contributed by atoms with Crippen molar-refractivity contribution in [3.63, 3.8) is 0 Å². The average molecular weight is 390 g/mol. The summed E-state index contributed by atoms with van der Waals surface area (Å²) in [6.45, 7) is 0. The molecule has 146 valence electrons. The first-order valence-corrected chi connectivity index (χ1v) is 9.17. The Kier molecular flexibility index (Phi) is 4.69. The first-order chi connectivity index (χ1) is 13.3. The lowest BCUT2D eigenvalue weighted by atomic mass is 9.91. The van der Waals surface area contributed by atoms with E-state index in [2.05, 4.69) is 10.3 Å². The lowest BCUT2D eigenvalue weighted by molar-refractivity contribution is -0.0933. The molecule has 0 radical (unpaired) electrons. The van der Waals surface area contributed by atoms with Crippen molar-refractivity contribution in [3.8, 4) is 0 Å². The molecule has 2 unspecified atom stereocenters. The van der Waals surface area contributed by atoms with Crippen LogP contribution in [0.2, 0.25) is 0 Å². The zero-order valence-electron chi connectivity index (χ0n) is 14.9. The van der Waals surface area contributed by atoms with Gasteiger partial charge >= 0.3 is 6.18 Å². The number of benzene rings is 1. The molecule has 1 heterocycles. The van der Waals surface area contributed by atoms with Crippen molar-refractivity contribution >= 4 is 17.3 Å². The number of nitrogens with one attached hydrogen (secondary N) is 1. The highest BCUT2D eigenvalue weighted by molar-refractivity contribution is 6.03. The molecule has 2 aliphatic rings. The summed E-state index contributed by atoms with van der Waals surface area (Å²) in [6, 6.07) is 8.54. The van der Waals surface area contributed by atoms with Gasteiger partial charge in [0.25, 0.3) is 5.91 Å². The number of hydrogen-bond acceptors (Lipinski definition) is 2. The Morgan fingerprint density at radius 1 is 1.11 bits per heavy atom. The molecule has 2 aliphatic carbocycles.